The van der Waals surface area contributed by atoms with Crippen LogP contribution in [0.2, 0.25) is 0 Å². The van der Waals surface area contributed by atoms with E-state index in [2.05, 4.69) is 32.9 Å². The molecule has 0 spiro atoms. The molecule has 0 N–H and O–H groups in total. The predicted octanol–water partition coefficient (Wildman–Crippen LogP) is 3.41. The van der Waals surface area contributed by atoms with Crippen molar-refractivity contribution in [3.63, 3.8) is 0 Å². The first kappa shape index (κ1) is 12.3. The van der Waals surface area contributed by atoms with Crippen LogP contribution in [0.15, 0.2) is 24.3 Å². The molecule has 1 aromatic carbocycles. The monoisotopic (exact) mass is 200 g/mol. The molecule has 0 heterocycles. The Hall–Kier alpha value is -0.690. The zero-order valence-corrected chi connectivity index (χ0v) is 9.44. The fourth-order valence-corrected chi connectivity index (χ4v) is 1.09. The second-order valence-corrected chi connectivity index (χ2v) is 3.98. The van der Waals surface area contributed by atoms with Crippen molar-refractivity contribution in [1.82, 2.24) is 0 Å². The molecule has 1 aromatic rings. The van der Waals surface area contributed by atoms with E-state index >= 15 is 0 Å². The molecule has 0 saturated carbocycles. The Morgan fingerprint density at radius 3 is 2.23 bits per heavy atom. The van der Waals surface area contributed by atoms with Crippen LogP contribution in [0.1, 0.15) is 26.3 Å². The van der Waals surface area contributed by atoms with Crippen molar-refractivity contribution >= 4 is 12.4 Å². The topological polar surface area (TPSA) is 9.23 Å². The van der Waals surface area contributed by atoms with Gasteiger partial charge in [-0.25, -0.2) is 0 Å². The van der Waals surface area contributed by atoms with Crippen molar-refractivity contribution in [2.24, 2.45) is 0 Å². The second kappa shape index (κ2) is 4.52. The van der Waals surface area contributed by atoms with Crippen LogP contribution < -0.4 is 4.74 Å². The van der Waals surface area contributed by atoms with Crippen LogP contribution in [0.5, 0.6) is 5.75 Å². The van der Waals surface area contributed by atoms with Crippen LogP contribution in [-0.2, 0) is 5.41 Å². The molecule has 0 aromatic heterocycles. The molecule has 0 fully saturated rings. The summed E-state index contributed by atoms with van der Waals surface area (Å²) in [6, 6.07) is 8.21. The van der Waals surface area contributed by atoms with Crippen molar-refractivity contribution in [1.29, 1.82) is 0 Å². The van der Waals surface area contributed by atoms with Crippen molar-refractivity contribution in [3.05, 3.63) is 29.8 Å². The normalized spacial score (nSPS) is 10.5. The van der Waals surface area contributed by atoms with Gasteiger partial charge in [0.15, 0.2) is 0 Å². The third-order valence-electron chi connectivity index (χ3n) is 1.94. The van der Waals surface area contributed by atoms with E-state index in [1.54, 1.807) is 7.11 Å². The minimum absolute atomic E-state index is 0. The van der Waals surface area contributed by atoms with Crippen LogP contribution in [0, 0.1) is 0 Å². The lowest BCUT2D eigenvalue weighted by Gasteiger charge is -2.19. The number of benzene rings is 1. The van der Waals surface area contributed by atoms with Gasteiger partial charge in [0, 0.05) is 0 Å². The second-order valence-electron chi connectivity index (χ2n) is 3.98. The van der Waals surface area contributed by atoms with E-state index in [4.69, 9.17) is 4.74 Å². The highest BCUT2D eigenvalue weighted by Crippen LogP contribution is 2.25. The first-order valence-electron chi connectivity index (χ1n) is 4.18. The van der Waals surface area contributed by atoms with Gasteiger partial charge in [0.2, 0.25) is 0 Å². The van der Waals surface area contributed by atoms with Crippen LogP contribution in [0.25, 0.3) is 0 Å². The summed E-state index contributed by atoms with van der Waals surface area (Å²) >= 11 is 0. The molecule has 0 saturated heterocycles. The Morgan fingerprint density at radius 2 is 1.77 bits per heavy atom. The van der Waals surface area contributed by atoms with Gasteiger partial charge in [-0.2, -0.15) is 0 Å². The van der Waals surface area contributed by atoms with E-state index in [-0.39, 0.29) is 17.8 Å². The minimum atomic E-state index is 0. The Labute approximate surface area is 86.5 Å². The average Bonchev–Trinajstić information content (AvgIpc) is 2.03. The molecule has 0 aliphatic carbocycles. The quantitative estimate of drug-likeness (QED) is 0.675. The maximum absolute atomic E-state index is 5.15. The Morgan fingerprint density at radius 1 is 1.15 bits per heavy atom. The fraction of sp³-hybridized carbons (Fsp3) is 0.455. The van der Waals surface area contributed by atoms with E-state index in [1.807, 2.05) is 12.1 Å². The fourth-order valence-electron chi connectivity index (χ4n) is 1.09. The van der Waals surface area contributed by atoms with Gasteiger partial charge in [0.05, 0.1) is 7.11 Å². The number of hydrogen-bond donors (Lipinski definition) is 0. The van der Waals surface area contributed by atoms with E-state index in [1.165, 1.54) is 5.56 Å². The van der Waals surface area contributed by atoms with Gasteiger partial charge in [-0.05, 0) is 23.1 Å². The highest BCUT2D eigenvalue weighted by molar-refractivity contribution is 5.85. The summed E-state index contributed by atoms with van der Waals surface area (Å²) in [5, 5.41) is 0. The largest absolute Gasteiger partial charge is 0.497 e. The van der Waals surface area contributed by atoms with Gasteiger partial charge in [0.25, 0.3) is 0 Å². The first-order chi connectivity index (χ1) is 5.54. The van der Waals surface area contributed by atoms with Crippen molar-refractivity contribution in [2.45, 2.75) is 26.2 Å². The average molecular weight is 201 g/mol. The van der Waals surface area contributed by atoms with Crippen molar-refractivity contribution in [3.8, 4) is 5.75 Å². The lowest BCUT2D eigenvalue weighted by molar-refractivity contribution is 0.412. The molecule has 0 bridgehead atoms. The number of halogens is 1. The summed E-state index contributed by atoms with van der Waals surface area (Å²) in [5.74, 6) is 0.933. The summed E-state index contributed by atoms with van der Waals surface area (Å²) in [6.07, 6.45) is 0. The predicted molar refractivity (Wildman–Crippen MR) is 58.9 cm³/mol. The molecule has 0 atom stereocenters. The molecule has 13 heavy (non-hydrogen) atoms. The zero-order valence-electron chi connectivity index (χ0n) is 8.63. The standard InChI is InChI=1S/C11H16O.ClH/c1-11(2,3)9-6-5-7-10(8-9)12-4;/h5-8H,1-4H3;1H. The third kappa shape index (κ3) is 3.27. The Balaban J connectivity index is 0.00000144. The molecule has 0 radical (unpaired) electrons. The molecule has 0 aliphatic rings. The Kier molecular flexibility index (Phi) is 4.28. The molecule has 74 valence electrons. The van der Waals surface area contributed by atoms with E-state index in [9.17, 15) is 0 Å². The van der Waals surface area contributed by atoms with E-state index in [0.717, 1.165) is 5.75 Å². The number of hydrogen-bond acceptors (Lipinski definition) is 1. The summed E-state index contributed by atoms with van der Waals surface area (Å²) in [7, 11) is 1.70. The maximum Gasteiger partial charge on any atom is 0.119 e. The van der Waals surface area contributed by atoms with Crippen LogP contribution in [0.3, 0.4) is 0 Å². The SMILES string of the molecule is COc1cccc(C(C)(C)C)c1.Cl. The van der Waals surface area contributed by atoms with Crippen LogP contribution >= 0.6 is 12.4 Å². The summed E-state index contributed by atoms with van der Waals surface area (Å²) in [4.78, 5) is 0. The van der Waals surface area contributed by atoms with E-state index in [0.29, 0.717) is 0 Å². The van der Waals surface area contributed by atoms with Crippen LogP contribution in [0.4, 0.5) is 0 Å². The lowest BCUT2D eigenvalue weighted by atomic mass is 9.87. The first-order valence-corrected chi connectivity index (χ1v) is 4.18. The summed E-state index contributed by atoms with van der Waals surface area (Å²) in [5.41, 5.74) is 1.51. The summed E-state index contributed by atoms with van der Waals surface area (Å²) in [6.45, 7) is 6.59. The number of ether oxygens (including phenoxy) is 1. The zero-order chi connectivity index (χ0) is 9.19. The van der Waals surface area contributed by atoms with Gasteiger partial charge in [-0.15, -0.1) is 12.4 Å². The molecule has 0 aliphatic heterocycles. The molecular formula is C11H17ClO. The van der Waals surface area contributed by atoms with Gasteiger partial charge in [-0.1, -0.05) is 32.9 Å². The van der Waals surface area contributed by atoms with Gasteiger partial charge in [0.1, 0.15) is 5.75 Å². The molecule has 1 nitrogen and oxygen atoms in total. The molecule has 1 rings (SSSR count). The third-order valence-corrected chi connectivity index (χ3v) is 1.94. The van der Waals surface area contributed by atoms with Crippen LogP contribution in [-0.4, -0.2) is 7.11 Å². The van der Waals surface area contributed by atoms with Gasteiger partial charge in [-0.3, -0.25) is 0 Å². The smallest absolute Gasteiger partial charge is 0.119 e. The minimum Gasteiger partial charge on any atom is -0.497 e. The van der Waals surface area contributed by atoms with Gasteiger partial charge >= 0.3 is 0 Å². The van der Waals surface area contributed by atoms with E-state index < -0.39 is 0 Å². The maximum atomic E-state index is 5.15. The molecule has 0 unspecified atom stereocenters. The molecular weight excluding hydrogens is 184 g/mol. The highest BCUT2D eigenvalue weighted by atomic mass is 35.5. The van der Waals surface area contributed by atoms with Crippen molar-refractivity contribution in [2.75, 3.05) is 7.11 Å². The number of rotatable bonds is 1. The lowest BCUT2D eigenvalue weighted by Crippen LogP contribution is -2.10. The molecule has 2 heteroatoms. The van der Waals surface area contributed by atoms with Gasteiger partial charge < -0.3 is 4.74 Å². The summed E-state index contributed by atoms with van der Waals surface area (Å²) < 4.78 is 5.15. The highest BCUT2D eigenvalue weighted by Gasteiger charge is 2.13. The number of methoxy groups -OCH3 is 1. The molecule has 0 amide bonds. The Bertz CT molecular complexity index is 263. The van der Waals surface area contributed by atoms with Crippen molar-refractivity contribution < 1.29 is 4.74 Å².